The van der Waals surface area contributed by atoms with Crippen LogP contribution in [0.5, 0.6) is 0 Å². The van der Waals surface area contributed by atoms with Gasteiger partial charge in [-0.2, -0.15) is 10.4 Å². The first-order valence-electron chi connectivity index (χ1n) is 10.6. The van der Waals surface area contributed by atoms with Gasteiger partial charge in [0.15, 0.2) is 11.5 Å². The highest BCUT2D eigenvalue weighted by Crippen LogP contribution is 2.46. The van der Waals surface area contributed by atoms with Gasteiger partial charge in [0.2, 0.25) is 5.91 Å². The standard InChI is InChI=1S/C24H20N8O2/c1-12-6-7-16-14(10-28-32-16)17(12)19-18(26)20(21(27)33)31-22(30-19)13-4-2-3-5-15(13)29-23(34)24(11-25)8-9-24/h2-7,10H,8-9,26H2,1H3,(H2,27,33)(H,28,32)(H,29,34). The zero-order chi connectivity index (χ0) is 24.0. The number of aryl methyl sites for hydroxylation is 1. The average Bonchev–Trinajstić information content (AvgIpc) is 3.50. The van der Waals surface area contributed by atoms with Crippen LogP contribution in [0.4, 0.5) is 11.4 Å². The number of hydrogen-bond donors (Lipinski definition) is 4. The molecule has 0 aliphatic heterocycles. The van der Waals surface area contributed by atoms with Crippen LogP contribution in [0.2, 0.25) is 0 Å². The molecule has 1 aliphatic carbocycles. The van der Waals surface area contributed by atoms with E-state index in [4.69, 9.17) is 16.5 Å². The Morgan fingerprint density at radius 1 is 1.18 bits per heavy atom. The quantitative estimate of drug-likeness (QED) is 0.359. The summed E-state index contributed by atoms with van der Waals surface area (Å²) in [6, 6.07) is 12.8. The van der Waals surface area contributed by atoms with Gasteiger partial charge in [-0.1, -0.05) is 18.2 Å². The van der Waals surface area contributed by atoms with Crippen LogP contribution in [0.1, 0.15) is 28.9 Å². The number of amides is 2. The van der Waals surface area contributed by atoms with Gasteiger partial charge in [0, 0.05) is 16.5 Å². The largest absolute Gasteiger partial charge is 0.395 e. The SMILES string of the molecule is Cc1ccc2[nH]ncc2c1-c1nc(-c2ccccc2NC(=O)C2(C#N)CC2)nc(C(N)=O)c1N. The van der Waals surface area contributed by atoms with Gasteiger partial charge in [0.25, 0.3) is 5.91 Å². The molecule has 4 aromatic rings. The number of hydrogen-bond acceptors (Lipinski definition) is 7. The Balaban J connectivity index is 1.71. The van der Waals surface area contributed by atoms with Crippen LogP contribution in [-0.4, -0.2) is 32.0 Å². The van der Waals surface area contributed by atoms with Crippen LogP contribution in [0.3, 0.4) is 0 Å². The number of nitrogens with one attached hydrogen (secondary N) is 2. The number of fused-ring (bicyclic) bond motifs is 1. The highest BCUT2D eigenvalue weighted by Gasteiger charge is 2.50. The molecular weight excluding hydrogens is 432 g/mol. The van der Waals surface area contributed by atoms with Crippen molar-refractivity contribution >= 4 is 34.1 Å². The summed E-state index contributed by atoms with van der Waals surface area (Å²) < 4.78 is 0. The molecule has 0 spiro atoms. The molecule has 5 rings (SSSR count). The van der Waals surface area contributed by atoms with Crippen molar-refractivity contribution in [3.05, 3.63) is 53.9 Å². The molecule has 1 aliphatic rings. The summed E-state index contributed by atoms with van der Waals surface area (Å²) in [6.07, 6.45) is 2.69. The van der Waals surface area contributed by atoms with Gasteiger partial charge in [-0.05, 0) is 43.5 Å². The minimum absolute atomic E-state index is 0.0518. The fraction of sp³-hybridized carbons (Fsp3) is 0.167. The van der Waals surface area contributed by atoms with E-state index >= 15 is 0 Å². The Morgan fingerprint density at radius 3 is 2.65 bits per heavy atom. The van der Waals surface area contributed by atoms with Crippen molar-refractivity contribution in [1.29, 1.82) is 5.26 Å². The van der Waals surface area contributed by atoms with E-state index in [1.54, 1.807) is 30.5 Å². The van der Waals surface area contributed by atoms with Gasteiger partial charge in [-0.3, -0.25) is 14.7 Å². The van der Waals surface area contributed by atoms with Crippen LogP contribution in [-0.2, 0) is 4.79 Å². The number of aromatic amines is 1. The zero-order valence-electron chi connectivity index (χ0n) is 18.2. The van der Waals surface area contributed by atoms with Crippen LogP contribution in [0.25, 0.3) is 33.5 Å². The number of primary amides is 1. The summed E-state index contributed by atoms with van der Waals surface area (Å²) in [5.41, 5.74) is 14.4. The van der Waals surface area contributed by atoms with E-state index in [9.17, 15) is 14.9 Å². The Hall–Kier alpha value is -4.78. The normalized spacial score (nSPS) is 13.9. The summed E-state index contributed by atoms with van der Waals surface area (Å²) in [6.45, 7) is 1.90. The monoisotopic (exact) mass is 452 g/mol. The molecule has 1 saturated carbocycles. The minimum atomic E-state index is -1.01. The Bertz CT molecular complexity index is 1530. The van der Waals surface area contributed by atoms with Gasteiger partial charge < -0.3 is 16.8 Å². The van der Waals surface area contributed by atoms with E-state index in [0.29, 0.717) is 35.3 Å². The molecular formula is C24H20N8O2. The smallest absolute Gasteiger partial charge is 0.269 e. The first kappa shape index (κ1) is 21.1. The van der Waals surface area contributed by atoms with E-state index in [0.717, 1.165) is 16.5 Å². The summed E-state index contributed by atoms with van der Waals surface area (Å²) >= 11 is 0. The van der Waals surface area contributed by atoms with Gasteiger partial charge in [-0.15, -0.1) is 0 Å². The van der Waals surface area contributed by atoms with E-state index < -0.39 is 11.3 Å². The van der Waals surface area contributed by atoms with Crippen molar-refractivity contribution in [2.75, 3.05) is 11.1 Å². The Labute approximate surface area is 194 Å². The number of carbonyl (C=O) groups excluding carboxylic acids is 2. The molecule has 0 unspecified atom stereocenters. The number of H-pyrrole nitrogens is 1. The Kier molecular flexibility index (Phi) is 4.76. The predicted octanol–water partition coefficient (Wildman–Crippen LogP) is 2.92. The van der Waals surface area contributed by atoms with Gasteiger partial charge in [0.1, 0.15) is 5.41 Å². The maximum atomic E-state index is 12.7. The lowest BCUT2D eigenvalue weighted by molar-refractivity contribution is -0.119. The third kappa shape index (κ3) is 3.31. The number of aromatic nitrogens is 4. The average molecular weight is 452 g/mol. The molecule has 2 heterocycles. The molecule has 34 heavy (non-hydrogen) atoms. The number of para-hydroxylation sites is 1. The second-order valence-corrected chi connectivity index (χ2v) is 8.30. The van der Waals surface area contributed by atoms with Crippen molar-refractivity contribution in [3.8, 4) is 28.7 Å². The van der Waals surface area contributed by atoms with E-state index in [-0.39, 0.29) is 23.1 Å². The fourth-order valence-corrected chi connectivity index (χ4v) is 3.95. The highest BCUT2D eigenvalue weighted by atomic mass is 16.2. The molecule has 2 amide bonds. The molecule has 1 fully saturated rings. The number of nitriles is 1. The van der Waals surface area contributed by atoms with Gasteiger partial charge in [-0.25, -0.2) is 9.97 Å². The van der Waals surface area contributed by atoms with E-state index in [1.165, 1.54) is 0 Å². The summed E-state index contributed by atoms with van der Waals surface area (Å²) in [7, 11) is 0. The molecule has 6 N–H and O–H groups in total. The van der Waals surface area contributed by atoms with Crippen LogP contribution in [0, 0.1) is 23.7 Å². The van der Waals surface area contributed by atoms with E-state index in [1.807, 2.05) is 19.1 Å². The first-order valence-corrected chi connectivity index (χ1v) is 10.6. The van der Waals surface area contributed by atoms with Crippen molar-refractivity contribution in [1.82, 2.24) is 20.2 Å². The second-order valence-electron chi connectivity index (χ2n) is 8.30. The molecule has 2 aromatic carbocycles. The lowest BCUT2D eigenvalue weighted by Crippen LogP contribution is -2.23. The molecule has 2 aromatic heterocycles. The molecule has 0 atom stereocenters. The van der Waals surface area contributed by atoms with Crippen molar-refractivity contribution in [2.24, 2.45) is 11.1 Å². The van der Waals surface area contributed by atoms with Crippen molar-refractivity contribution in [3.63, 3.8) is 0 Å². The molecule has 0 saturated heterocycles. The predicted molar refractivity (Wildman–Crippen MR) is 126 cm³/mol. The molecule has 0 bridgehead atoms. The lowest BCUT2D eigenvalue weighted by atomic mass is 9.99. The van der Waals surface area contributed by atoms with Crippen LogP contribution in [0.15, 0.2) is 42.6 Å². The maximum Gasteiger partial charge on any atom is 0.269 e. The number of nitrogens with zero attached hydrogens (tertiary/aromatic N) is 4. The Morgan fingerprint density at radius 2 is 1.94 bits per heavy atom. The number of rotatable bonds is 5. The third-order valence-electron chi connectivity index (χ3n) is 6.06. The van der Waals surface area contributed by atoms with Crippen molar-refractivity contribution < 1.29 is 9.59 Å². The number of benzene rings is 2. The highest BCUT2D eigenvalue weighted by molar-refractivity contribution is 6.05. The zero-order valence-corrected chi connectivity index (χ0v) is 18.2. The first-order chi connectivity index (χ1) is 16.3. The summed E-state index contributed by atoms with van der Waals surface area (Å²) in [5.74, 6) is -1.02. The second kappa shape index (κ2) is 7.67. The lowest BCUT2D eigenvalue weighted by Gasteiger charge is -2.16. The van der Waals surface area contributed by atoms with Gasteiger partial charge >= 0.3 is 0 Å². The number of nitrogen functional groups attached to an aromatic ring is 1. The molecule has 168 valence electrons. The molecule has 10 nitrogen and oxygen atoms in total. The fourth-order valence-electron chi connectivity index (χ4n) is 3.95. The van der Waals surface area contributed by atoms with Crippen LogP contribution >= 0.6 is 0 Å². The number of anilines is 2. The minimum Gasteiger partial charge on any atom is -0.395 e. The van der Waals surface area contributed by atoms with Crippen LogP contribution < -0.4 is 16.8 Å². The van der Waals surface area contributed by atoms with E-state index in [2.05, 4.69) is 26.6 Å². The molecule has 10 heteroatoms. The van der Waals surface area contributed by atoms with Crippen molar-refractivity contribution in [2.45, 2.75) is 19.8 Å². The number of nitrogens with two attached hydrogens (primary N) is 2. The molecule has 0 radical (unpaired) electrons. The number of carbonyl (C=O) groups is 2. The maximum absolute atomic E-state index is 12.7. The summed E-state index contributed by atoms with van der Waals surface area (Å²) in [5, 5.41) is 20.0. The summed E-state index contributed by atoms with van der Waals surface area (Å²) in [4.78, 5) is 34.0. The van der Waals surface area contributed by atoms with Gasteiger partial charge in [0.05, 0.1) is 34.9 Å². The topological polar surface area (TPSA) is 176 Å². The third-order valence-corrected chi connectivity index (χ3v) is 6.06.